The van der Waals surface area contributed by atoms with Crippen LogP contribution < -0.4 is 78.2 Å². The van der Waals surface area contributed by atoms with Crippen LogP contribution in [0, 0.1) is 23.7 Å². The number of benzene rings is 2. The van der Waals surface area contributed by atoms with Crippen LogP contribution in [0.4, 0.5) is 0 Å². The Hall–Kier alpha value is 0.0700. The van der Waals surface area contributed by atoms with Crippen LogP contribution >= 0.6 is 7.82 Å². The van der Waals surface area contributed by atoms with Crippen molar-refractivity contribution in [2.24, 2.45) is 23.7 Å². The van der Waals surface area contributed by atoms with Gasteiger partial charge in [-0.25, -0.2) is 4.89 Å². The summed E-state index contributed by atoms with van der Waals surface area (Å²) in [6.07, 6.45) is 5.54. The molecule has 0 aromatic heterocycles. The molecule has 7 rings (SSSR count). The number of para-hydroxylation sites is 1. The Labute approximate surface area is 255 Å². The van der Waals surface area contributed by atoms with Crippen LogP contribution in [0.1, 0.15) is 37.7 Å². The van der Waals surface area contributed by atoms with Crippen molar-refractivity contribution in [3.63, 3.8) is 0 Å². The maximum Gasteiger partial charge on any atom is 1.00 e. The Morgan fingerprint density at radius 3 is 2.06 bits per heavy atom. The molecule has 1 heterocycles. The summed E-state index contributed by atoms with van der Waals surface area (Å²) in [4.78, 5) is 34.4. The summed E-state index contributed by atoms with van der Waals surface area (Å²) in [5, 5.41) is 0. The summed E-state index contributed by atoms with van der Waals surface area (Å²) < 4.78 is 28.2. The standard InChI is InChI=1S/C25H29O8P.2Na/c26-34(27,28)31-23-8-4-5-19(16-23)25(30-10-9-29-22-6-2-1-3-7-22)24(32-33-25)20-12-17-11-18(14-20)15-21(24)13-17;;/h1-8,16-18,20-21H,9-15H2,(H2,26,27,28);;/q;2*+1/p-2. The molecule has 2 aromatic rings. The molecule has 1 unspecified atom stereocenters. The molecule has 4 bridgehead atoms. The summed E-state index contributed by atoms with van der Waals surface area (Å²) in [6, 6.07) is 15.9. The van der Waals surface area contributed by atoms with Crippen molar-refractivity contribution in [2.75, 3.05) is 13.2 Å². The van der Waals surface area contributed by atoms with E-state index >= 15 is 0 Å². The van der Waals surface area contributed by atoms with Crippen molar-refractivity contribution in [3.8, 4) is 11.5 Å². The maximum absolute atomic E-state index is 11.2. The average molecular weight is 532 g/mol. The van der Waals surface area contributed by atoms with Gasteiger partial charge >= 0.3 is 59.1 Å². The molecule has 1 saturated heterocycles. The topological polar surface area (TPSA) is 109 Å². The van der Waals surface area contributed by atoms with Crippen molar-refractivity contribution < 1.29 is 97.2 Å². The molecule has 0 amide bonds. The van der Waals surface area contributed by atoms with Crippen LogP contribution in [0.3, 0.4) is 0 Å². The first-order chi connectivity index (χ1) is 16.4. The number of ether oxygens (including phenoxy) is 2. The largest absolute Gasteiger partial charge is 1.00 e. The Bertz CT molecular complexity index is 1070. The van der Waals surface area contributed by atoms with E-state index in [4.69, 9.17) is 19.2 Å². The molecule has 0 radical (unpaired) electrons. The van der Waals surface area contributed by atoms with Crippen LogP contribution in [0.15, 0.2) is 54.6 Å². The van der Waals surface area contributed by atoms with Gasteiger partial charge in [0.25, 0.3) is 5.79 Å². The number of phosphoric ester groups is 1. The summed E-state index contributed by atoms with van der Waals surface area (Å²) in [7, 11) is -5.21. The summed E-state index contributed by atoms with van der Waals surface area (Å²) >= 11 is 0. The summed E-state index contributed by atoms with van der Waals surface area (Å²) in [6.45, 7) is 0.539. The SMILES string of the molecule is O=P([O-])([O-])Oc1cccc(C2(OCCOc3ccccc3)OOC23C2CC4CC(C2)CC3C4)c1.[Na+].[Na+]. The average Bonchev–Trinajstić information content (AvgIpc) is 2.78. The predicted octanol–water partition coefficient (Wildman–Crippen LogP) is -2.69. The fourth-order valence-corrected chi connectivity index (χ4v) is 7.39. The first-order valence-corrected chi connectivity index (χ1v) is 13.3. The number of hydrogen-bond donors (Lipinski definition) is 0. The monoisotopic (exact) mass is 532 g/mol. The molecule has 4 saturated carbocycles. The third-order valence-electron chi connectivity index (χ3n) is 7.99. The van der Waals surface area contributed by atoms with Gasteiger partial charge < -0.3 is 28.3 Å². The van der Waals surface area contributed by atoms with E-state index in [2.05, 4.69) is 4.52 Å². The zero-order chi connectivity index (χ0) is 23.4. The molecule has 8 nitrogen and oxygen atoms in total. The van der Waals surface area contributed by atoms with Crippen molar-refractivity contribution in [2.45, 2.75) is 43.5 Å². The van der Waals surface area contributed by atoms with E-state index in [1.807, 2.05) is 30.3 Å². The molecule has 36 heavy (non-hydrogen) atoms. The van der Waals surface area contributed by atoms with Gasteiger partial charge in [0.2, 0.25) is 0 Å². The smallest absolute Gasteiger partial charge is 0.780 e. The van der Waals surface area contributed by atoms with Gasteiger partial charge in [-0.3, -0.25) is 0 Å². The van der Waals surface area contributed by atoms with Crippen LogP contribution in [0.2, 0.25) is 0 Å². The van der Waals surface area contributed by atoms with E-state index in [-0.39, 0.29) is 83.3 Å². The molecular weight excluding hydrogens is 505 g/mol. The number of rotatable bonds is 8. The van der Waals surface area contributed by atoms with E-state index in [9.17, 15) is 14.4 Å². The maximum atomic E-state index is 11.2. The zero-order valence-corrected chi connectivity index (χ0v) is 25.6. The van der Waals surface area contributed by atoms with Gasteiger partial charge in [-0.05, 0) is 80.0 Å². The van der Waals surface area contributed by atoms with Gasteiger partial charge in [0.15, 0.2) is 5.60 Å². The van der Waals surface area contributed by atoms with E-state index in [1.54, 1.807) is 12.1 Å². The molecule has 1 atom stereocenters. The minimum Gasteiger partial charge on any atom is -0.780 e. The molecule has 0 N–H and O–H groups in total. The van der Waals surface area contributed by atoms with E-state index in [0.717, 1.165) is 31.4 Å². The molecule has 11 heteroatoms. The summed E-state index contributed by atoms with van der Waals surface area (Å²) in [5.74, 6) is 1.42. The second-order valence-electron chi connectivity index (χ2n) is 9.96. The molecule has 5 fully saturated rings. The quantitative estimate of drug-likeness (QED) is 0.157. The van der Waals surface area contributed by atoms with Crippen molar-refractivity contribution in [1.82, 2.24) is 0 Å². The number of hydrogen-bond acceptors (Lipinski definition) is 8. The summed E-state index contributed by atoms with van der Waals surface area (Å²) in [5.41, 5.74) is -0.0818. The molecule has 182 valence electrons. The van der Waals surface area contributed by atoms with E-state index in [0.29, 0.717) is 24.0 Å². The van der Waals surface area contributed by atoms with Crippen molar-refractivity contribution in [3.05, 3.63) is 60.2 Å². The fourth-order valence-electron chi connectivity index (χ4n) is 7.01. The van der Waals surface area contributed by atoms with Gasteiger partial charge in [0, 0.05) is 5.56 Å². The van der Waals surface area contributed by atoms with Gasteiger partial charge in [-0.1, -0.05) is 30.3 Å². The minimum atomic E-state index is -5.21. The number of phosphoric acid groups is 1. The fraction of sp³-hybridized carbons (Fsp3) is 0.520. The Kier molecular flexibility index (Phi) is 9.11. The van der Waals surface area contributed by atoms with Gasteiger partial charge in [-0.15, -0.1) is 0 Å². The second-order valence-corrected chi connectivity index (χ2v) is 11.0. The first-order valence-electron chi connectivity index (χ1n) is 11.9. The molecule has 1 aliphatic heterocycles. The van der Waals surface area contributed by atoms with Crippen LogP contribution in [0.5, 0.6) is 11.5 Å². The first kappa shape index (κ1) is 29.1. The Morgan fingerprint density at radius 1 is 0.833 bits per heavy atom. The van der Waals surface area contributed by atoms with Crippen molar-refractivity contribution >= 4 is 7.82 Å². The van der Waals surface area contributed by atoms with Gasteiger partial charge in [0.05, 0.1) is 6.61 Å². The van der Waals surface area contributed by atoms with Crippen LogP contribution in [-0.2, 0) is 24.9 Å². The third-order valence-corrected chi connectivity index (χ3v) is 8.43. The van der Waals surface area contributed by atoms with Crippen LogP contribution in [0.25, 0.3) is 0 Å². The molecular formula is C25H27Na2O8P. The second kappa shape index (κ2) is 11.3. The normalized spacial score (nSPS) is 33.8. The Morgan fingerprint density at radius 2 is 1.47 bits per heavy atom. The zero-order valence-electron chi connectivity index (χ0n) is 20.7. The minimum absolute atomic E-state index is 0. The molecule has 1 spiro atoms. The molecule has 4 aliphatic carbocycles. The van der Waals surface area contributed by atoms with E-state index < -0.39 is 19.2 Å². The van der Waals surface area contributed by atoms with Gasteiger partial charge in [-0.2, -0.15) is 4.89 Å². The Balaban J connectivity index is 0.00000152. The molecule has 5 aliphatic rings. The van der Waals surface area contributed by atoms with Crippen LogP contribution in [-0.4, -0.2) is 18.8 Å². The van der Waals surface area contributed by atoms with Crippen molar-refractivity contribution in [1.29, 1.82) is 0 Å². The predicted molar refractivity (Wildman–Crippen MR) is 116 cm³/mol. The van der Waals surface area contributed by atoms with Gasteiger partial charge in [0.1, 0.15) is 25.9 Å². The van der Waals surface area contributed by atoms with E-state index in [1.165, 1.54) is 18.6 Å². The third kappa shape index (κ3) is 5.15. The molecule has 2 aromatic carbocycles.